The lowest BCUT2D eigenvalue weighted by molar-refractivity contribution is -0.136. The van der Waals surface area contributed by atoms with Gasteiger partial charge in [-0.15, -0.1) is 0 Å². The molecule has 1 N–H and O–H groups in total. The van der Waals surface area contributed by atoms with E-state index < -0.39 is 16.0 Å². The normalized spacial score (nSPS) is 18.2. The maximum atomic E-state index is 13.1. The monoisotopic (exact) mass is 464 g/mol. The fourth-order valence-electron chi connectivity index (χ4n) is 4.09. The van der Waals surface area contributed by atoms with Gasteiger partial charge in [-0.2, -0.15) is 4.31 Å². The molecule has 0 aromatic heterocycles. The van der Waals surface area contributed by atoms with E-state index in [1.807, 2.05) is 50.2 Å². The van der Waals surface area contributed by atoms with E-state index in [0.29, 0.717) is 37.6 Å². The zero-order valence-electron chi connectivity index (χ0n) is 17.9. The minimum atomic E-state index is -3.42. The van der Waals surface area contributed by atoms with Gasteiger partial charge >= 0.3 is 5.97 Å². The summed E-state index contributed by atoms with van der Waals surface area (Å²) in [5.41, 5.74) is 3.78. The van der Waals surface area contributed by atoms with Gasteiger partial charge in [-0.3, -0.25) is 9.69 Å². The van der Waals surface area contributed by atoms with Crippen LogP contribution in [-0.2, 0) is 33.5 Å². The van der Waals surface area contributed by atoms with Crippen LogP contribution in [0.25, 0.3) is 0 Å². The minimum Gasteiger partial charge on any atom is -0.481 e. The SMILES string of the molecule is Cc1ccccc1CS(=O)(=O)N1CCN(Cc2cc(Cl)ccc2CCC(=O)O)C[C@@H]1C. The number of carboxylic acids is 1. The highest BCUT2D eigenvalue weighted by atomic mass is 35.5. The van der Waals surface area contributed by atoms with Crippen molar-refractivity contribution in [3.8, 4) is 0 Å². The van der Waals surface area contributed by atoms with E-state index in [1.165, 1.54) is 0 Å². The zero-order valence-corrected chi connectivity index (χ0v) is 19.5. The molecular formula is C23H29ClN2O4S. The lowest BCUT2D eigenvalue weighted by Gasteiger charge is -2.39. The molecule has 1 aliphatic rings. The van der Waals surface area contributed by atoms with E-state index in [1.54, 1.807) is 10.4 Å². The van der Waals surface area contributed by atoms with Crippen LogP contribution in [0.4, 0.5) is 0 Å². The first-order valence-electron chi connectivity index (χ1n) is 10.4. The molecule has 6 nitrogen and oxygen atoms in total. The summed E-state index contributed by atoms with van der Waals surface area (Å²) in [5, 5.41) is 9.62. The van der Waals surface area contributed by atoms with Gasteiger partial charge in [0.05, 0.1) is 5.75 Å². The zero-order chi connectivity index (χ0) is 22.6. The summed E-state index contributed by atoms with van der Waals surface area (Å²) in [4.78, 5) is 13.2. The molecule has 0 unspecified atom stereocenters. The molecule has 0 bridgehead atoms. The van der Waals surface area contributed by atoms with Crippen LogP contribution in [0.5, 0.6) is 0 Å². The maximum absolute atomic E-state index is 13.1. The van der Waals surface area contributed by atoms with Crippen LogP contribution in [0.2, 0.25) is 5.02 Å². The van der Waals surface area contributed by atoms with Crippen molar-refractivity contribution in [1.29, 1.82) is 0 Å². The molecule has 0 spiro atoms. The average molecular weight is 465 g/mol. The molecule has 168 valence electrons. The summed E-state index contributed by atoms with van der Waals surface area (Å²) >= 11 is 6.18. The number of aliphatic carboxylic acids is 1. The van der Waals surface area contributed by atoms with E-state index >= 15 is 0 Å². The van der Waals surface area contributed by atoms with Crippen molar-refractivity contribution < 1.29 is 18.3 Å². The summed E-state index contributed by atoms with van der Waals surface area (Å²) in [5.74, 6) is -0.820. The first kappa shape index (κ1) is 23.7. The predicted octanol–water partition coefficient (Wildman–Crippen LogP) is 3.70. The largest absolute Gasteiger partial charge is 0.481 e. The van der Waals surface area contributed by atoms with Crippen molar-refractivity contribution in [1.82, 2.24) is 9.21 Å². The molecule has 1 saturated heterocycles. The van der Waals surface area contributed by atoms with Crippen LogP contribution in [0, 0.1) is 6.92 Å². The molecule has 0 aliphatic carbocycles. The highest BCUT2D eigenvalue weighted by Gasteiger charge is 2.33. The van der Waals surface area contributed by atoms with Gasteiger partial charge in [0.15, 0.2) is 0 Å². The smallest absolute Gasteiger partial charge is 0.303 e. The number of aryl methyl sites for hydroxylation is 2. The molecule has 2 aromatic carbocycles. The van der Waals surface area contributed by atoms with Crippen LogP contribution < -0.4 is 0 Å². The fraction of sp³-hybridized carbons (Fsp3) is 0.435. The quantitative estimate of drug-likeness (QED) is 0.644. The summed E-state index contributed by atoms with van der Waals surface area (Å²) < 4.78 is 27.7. The number of carbonyl (C=O) groups is 1. The van der Waals surface area contributed by atoms with Gasteiger partial charge in [-0.25, -0.2) is 8.42 Å². The summed E-state index contributed by atoms with van der Waals surface area (Å²) in [7, 11) is -3.42. The topological polar surface area (TPSA) is 77.9 Å². The van der Waals surface area contributed by atoms with E-state index in [4.69, 9.17) is 16.7 Å². The Morgan fingerprint density at radius 1 is 1.13 bits per heavy atom. The molecule has 3 rings (SSSR count). The highest BCUT2D eigenvalue weighted by molar-refractivity contribution is 7.88. The summed E-state index contributed by atoms with van der Waals surface area (Å²) in [6.07, 6.45) is 0.512. The highest BCUT2D eigenvalue weighted by Crippen LogP contribution is 2.23. The molecule has 8 heteroatoms. The number of benzene rings is 2. The maximum Gasteiger partial charge on any atom is 0.303 e. The van der Waals surface area contributed by atoms with Gasteiger partial charge in [-0.1, -0.05) is 41.9 Å². The van der Waals surface area contributed by atoms with Gasteiger partial charge in [0.25, 0.3) is 0 Å². The van der Waals surface area contributed by atoms with Gasteiger partial charge in [-0.05, 0) is 54.7 Å². The first-order chi connectivity index (χ1) is 14.7. The molecule has 0 radical (unpaired) electrons. The second kappa shape index (κ2) is 10.1. The van der Waals surface area contributed by atoms with Crippen LogP contribution in [0.1, 0.15) is 35.6 Å². The Bertz CT molecular complexity index is 1040. The van der Waals surface area contributed by atoms with Crippen LogP contribution >= 0.6 is 11.6 Å². The first-order valence-corrected chi connectivity index (χ1v) is 12.4. The minimum absolute atomic E-state index is 0.0116. The molecule has 2 aromatic rings. The Labute approximate surface area is 189 Å². The number of hydrogen-bond donors (Lipinski definition) is 1. The van der Waals surface area contributed by atoms with Crippen molar-refractivity contribution in [3.63, 3.8) is 0 Å². The second-order valence-corrected chi connectivity index (χ2v) is 10.5. The van der Waals surface area contributed by atoms with E-state index in [9.17, 15) is 13.2 Å². The van der Waals surface area contributed by atoms with Gasteiger partial charge in [0.2, 0.25) is 10.0 Å². The van der Waals surface area contributed by atoms with E-state index in [-0.39, 0.29) is 18.2 Å². The number of nitrogens with zero attached hydrogens (tertiary/aromatic N) is 2. The third-order valence-corrected chi connectivity index (χ3v) is 7.95. The van der Waals surface area contributed by atoms with Gasteiger partial charge in [0.1, 0.15) is 0 Å². The van der Waals surface area contributed by atoms with Crippen molar-refractivity contribution in [2.75, 3.05) is 19.6 Å². The number of hydrogen-bond acceptors (Lipinski definition) is 4. The Morgan fingerprint density at radius 3 is 2.55 bits per heavy atom. The van der Waals surface area contributed by atoms with E-state index in [2.05, 4.69) is 4.90 Å². The van der Waals surface area contributed by atoms with Crippen LogP contribution in [-0.4, -0.2) is 54.4 Å². The molecule has 1 aliphatic heterocycles. The van der Waals surface area contributed by atoms with Gasteiger partial charge < -0.3 is 5.11 Å². The third kappa shape index (κ3) is 6.29. The van der Waals surface area contributed by atoms with Gasteiger partial charge in [0, 0.05) is 43.7 Å². The number of sulfonamides is 1. The number of piperazine rings is 1. The average Bonchev–Trinajstić information content (AvgIpc) is 2.69. The Morgan fingerprint density at radius 2 is 1.87 bits per heavy atom. The molecule has 0 saturated carbocycles. The third-order valence-electron chi connectivity index (χ3n) is 5.78. The molecule has 31 heavy (non-hydrogen) atoms. The Kier molecular flexibility index (Phi) is 7.75. The lowest BCUT2D eigenvalue weighted by Crippen LogP contribution is -2.53. The molecular weight excluding hydrogens is 436 g/mol. The van der Waals surface area contributed by atoms with Crippen molar-refractivity contribution >= 4 is 27.6 Å². The number of carboxylic acid groups (broad SMARTS) is 1. The van der Waals surface area contributed by atoms with E-state index in [0.717, 1.165) is 22.3 Å². The lowest BCUT2D eigenvalue weighted by atomic mass is 10.0. The van der Waals surface area contributed by atoms with Crippen LogP contribution in [0.3, 0.4) is 0 Å². The number of rotatable bonds is 8. The summed E-state index contributed by atoms with van der Waals surface area (Å²) in [6, 6.07) is 13.0. The molecule has 1 heterocycles. The molecule has 1 fully saturated rings. The molecule has 0 amide bonds. The second-order valence-electron chi connectivity index (χ2n) is 8.18. The predicted molar refractivity (Wildman–Crippen MR) is 123 cm³/mol. The van der Waals surface area contributed by atoms with Crippen molar-refractivity contribution in [3.05, 3.63) is 69.7 Å². The summed E-state index contributed by atoms with van der Waals surface area (Å²) in [6.45, 7) is 6.13. The fourth-order valence-corrected chi connectivity index (χ4v) is 6.15. The number of halogens is 1. The van der Waals surface area contributed by atoms with Crippen LogP contribution in [0.15, 0.2) is 42.5 Å². The Hall–Kier alpha value is -1.93. The van der Waals surface area contributed by atoms with Crippen molar-refractivity contribution in [2.45, 2.75) is 45.0 Å². The standard InChI is InChI=1S/C23H29ClN2O4S/c1-17-5-3-4-6-20(17)16-31(29,30)26-12-11-25(14-18(26)2)15-21-13-22(24)9-7-19(21)8-10-23(27)28/h3-7,9,13,18H,8,10-12,14-16H2,1-2H3,(H,27,28)/t18-/m0/s1. The Balaban J connectivity index is 1.67. The molecule has 1 atom stereocenters. The van der Waals surface area contributed by atoms with Crippen molar-refractivity contribution in [2.24, 2.45) is 0 Å².